The fourth-order valence-corrected chi connectivity index (χ4v) is 6.38. The first-order chi connectivity index (χ1) is 18.8. The molecule has 1 amide bonds. The van der Waals surface area contributed by atoms with Crippen LogP contribution in [-0.2, 0) is 7.05 Å². The topological polar surface area (TPSA) is 120 Å². The molecule has 4 heterocycles. The number of aromatic nitrogens is 2. The molecule has 0 aliphatic carbocycles. The molecule has 0 spiro atoms. The number of piperidine rings is 2. The predicted molar refractivity (Wildman–Crippen MR) is 147 cm³/mol. The Bertz CT molecular complexity index is 1160. The van der Waals surface area contributed by atoms with Crippen LogP contribution < -0.4 is 9.64 Å². The van der Waals surface area contributed by atoms with Gasteiger partial charge in [0.2, 0.25) is 0 Å². The first kappa shape index (κ1) is 27.2. The number of nitro groups is 1. The molecule has 39 heavy (non-hydrogen) atoms. The number of amides is 1. The van der Waals surface area contributed by atoms with Crippen LogP contribution in [0.5, 0.6) is 5.75 Å². The number of hydrogen-bond donors (Lipinski definition) is 1. The Kier molecular flexibility index (Phi) is 8.22. The molecule has 2 aromatic rings. The van der Waals surface area contributed by atoms with Crippen LogP contribution in [0.3, 0.4) is 0 Å². The number of carbonyl (C=O) groups is 1. The molecule has 1 aromatic carbocycles. The predicted octanol–water partition coefficient (Wildman–Crippen LogP) is 2.98. The number of hydrogen-bond acceptors (Lipinski definition) is 8. The summed E-state index contributed by atoms with van der Waals surface area (Å²) in [5, 5.41) is 25.2. The molecule has 0 radical (unpaired) electrons. The van der Waals surface area contributed by atoms with Gasteiger partial charge in [0.15, 0.2) is 5.75 Å². The summed E-state index contributed by atoms with van der Waals surface area (Å²) in [6, 6.07) is 3.98. The summed E-state index contributed by atoms with van der Waals surface area (Å²) in [5.41, 5.74) is 2.54. The third kappa shape index (κ3) is 6.11. The van der Waals surface area contributed by atoms with Gasteiger partial charge in [0, 0.05) is 94.0 Å². The molecular formula is C27H39N7O5. The Balaban J connectivity index is 1.18. The largest absolute Gasteiger partial charge is 0.490 e. The summed E-state index contributed by atoms with van der Waals surface area (Å²) in [4.78, 5) is 31.5. The molecule has 1 N–H and O–H groups in total. The molecule has 12 nitrogen and oxygen atoms in total. The van der Waals surface area contributed by atoms with Gasteiger partial charge in [-0.15, -0.1) is 0 Å². The minimum absolute atomic E-state index is 0.0436. The van der Waals surface area contributed by atoms with Gasteiger partial charge in [-0.25, -0.2) is 4.79 Å². The van der Waals surface area contributed by atoms with E-state index in [0.717, 1.165) is 88.3 Å². The number of anilines is 1. The number of likely N-dealkylation sites (tertiary alicyclic amines) is 2. The molecule has 12 heteroatoms. The average Bonchev–Trinajstić information content (AvgIpc) is 3.39. The quantitative estimate of drug-likeness (QED) is 0.417. The summed E-state index contributed by atoms with van der Waals surface area (Å²) < 4.78 is 7.10. The molecule has 212 valence electrons. The normalized spacial score (nSPS) is 20.4. The summed E-state index contributed by atoms with van der Waals surface area (Å²) in [7, 11) is 3.31. The Morgan fingerprint density at radius 1 is 1.08 bits per heavy atom. The highest BCUT2D eigenvalue weighted by Crippen LogP contribution is 2.40. The van der Waals surface area contributed by atoms with E-state index in [1.54, 1.807) is 23.0 Å². The van der Waals surface area contributed by atoms with Crippen molar-refractivity contribution in [1.29, 1.82) is 0 Å². The van der Waals surface area contributed by atoms with Crippen LogP contribution >= 0.6 is 0 Å². The van der Waals surface area contributed by atoms with Gasteiger partial charge in [0.05, 0.1) is 18.2 Å². The number of ether oxygens (including phenoxy) is 1. The molecule has 1 aromatic heterocycles. The van der Waals surface area contributed by atoms with E-state index >= 15 is 0 Å². The first-order valence-corrected chi connectivity index (χ1v) is 13.9. The number of carboxylic acid groups (broad SMARTS) is 1. The van der Waals surface area contributed by atoms with Crippen LogP contribution in [0.25, 0.3) is 11.1 Å². The van der Waals surface area contributed by atoms with Gasteiger partial charge in [0.1, 0.15) is 0 Å². The maximum atomic E-state index is 11.7. The van der Waals surface area contributed by atoms with Crippen molar-refractivity contribution in [2.45, 2.75) is 31.7 Å². The summed E-state index contributed by atoms with van der Waals surface area (Å²) in [6.45, 7) is 8.16. The van der Waals surface area contributed by atoms with Gasteiger partial charge < -0.3 is 24.5 Å². The summed E-state index contributed by atoms with van der Waals surface area (Å²) in [5.74, 6) is 0.861. The lowest BCUT2D eigenvalue weighted by Gasteiger charge is -2.44. The van der Waals surface area contributed by atoms with E-state index in [4.69, 9.17) is 4.74 Å². The molecule has 3 aliphatic heterocycles. The van der Waals surface area contributed by atoms with Crippen molar-refractivity contribution in [3.63, 3.8) is 0 Å². The lowest BCUT2D eigenvalue weighted by atomic mass is 9.94. The summed E-state index contributed by atoms with van der Waals surface area (Å²) in [6.07, 6.45) is 7.06. The SMILES string of the molecule is COc1cc(N2CCN(C3CCN(CC4CCN(C(=O)O)CC4)CC3)CC2)c(-c2cnn(C)c2)cc1[N+](=O)[O-]. The standard InChI is InChI=1S/C27H39N7O5/c1-29-19-21(17-28-29)23-15-25(34(37)38)26(39-2)16-24(23)32-13-11-31(12-14-32)22-5-7-30(8-6-22)18-20-3-9-33(10-4-20)27(35)36/h15-17,19-20,22H,3-14,18H2,1-2H3,(H,35,36). The van der Waals surface area contributed by atoms with Crippen LogP contribution in [0.4, 0.5) is 16.2 Å². The van der Waals surface area contributed by atoms with Crippen LogP contribution in [0.15, 0.2) is 24.5 Å². The Morgan fingerprint density at radius 3 is 2.33 bits per heavy atom. The lowest BCUT2D eigenvalue weighted by Crippen LogP contribution is -2.53. The average molecular weight is 542 g/mol. The number of nitro benzene ring substituents is 1. The number of rotatable bonds is 7. The second kappa shape index (κ2) is 11.8. The van der Waals surface area contributed by atoms with Gasteiger partial charge >= 0.3 is 11.8 Å². The highest BCUT2D eigenvalue weighted by Gasteiger charge is 2.31. The second-order valence-electron chi connectivity index (χ2n) is 11.0. The van der Waals surface area contributed by atoms with Gasteiger partial charge in [-0.3, -0.25) is 19.7 Å². The fourth-order valence-electron chi connectivity index (χ4n) is 6.38. The zero-order valence-electron chi connectivity index (χ0n) is 22.9. The van der Waals surface area contributed by atoms with Gasteiger partial charge in [-0.05, 0) is 44.7 Å². The zero-order valence-corrected chi connectivity index (χ0v) is 22.9. The minimum Gasteiger partial charge on any atom is -0.490 e. The van der Waals surface area contributed by atoms with Crippen LogP contribution in [0.2, 0.25) is 0 Å². The van der Waals surface area contributed by atoms with E-state index < -0.39 is 11.0 Å². The van der Waals surface area contributed by atoms with Gasteiger partial charge in [-0.1, -0.05) is 0 Å². The Hall–Kier alpha value is -3.38. The van der Waals surface area contributed by atoms with Crippen molar-refractivity contribution in [3.8, 4) is 16.9 Å². The minimum atomic E-state index is -0.796. The number of aryl methyl sites for hydroxylation is 1. The maximum absolute atomic E-state index is 11.7. The molecular weight excluding hydrogens is 502 g/mol. The smallest absolute Gasteiger partial charge is 0.407 e. The first-order valence-electron chi connectivity index (χ1n) is 13.9. The fraction of sp³-hybridized carbons (Fsp3) is 0.630. The van der Waals surface area contributed by atoms with E-state index in [0.29, 0.717) is 25.0 Å². The second-order valence-corrected chi connectivity index (χ2v) is 11.0. The van der Waals surface area contributed by atoms with Crippen molar-refractivity contribution in [2.75, 3.05) is 70.9 Å². The summed E-state index contributed by atoms with van der Waals surface area (Å²) >= 11 is 0. The number of piperazine rings is 1. The number of benzene rings is 1. The molecule has 3 fully saturated rings. The number of methoxy groups -OCH3 is 1. The Labute approximate surface area is 228 Å². The van der Waals surface area contributed by atoms with Crippen molar-refractivity contribution in [2.24, 2.45) is 13.0 Å². The Morgan fingerprint density at radius 2 is 1.77 bits per heavy atom. The number of nitrogens with zero attached hydrogens (tertiary/aromatic N) is 7. The highest BCUT2D eigenvalue weighted by atomic mass is 16.6. The third-order valence-electron chi connectivity index (χ3n) is 8.64. The zero-order chi connectivity index (χ0) is 27.5. The van der Waals surface area contributed by atoms with Gasteiger partial charge in [-0.2, -0.15) is 5.10 Å². The van der Waals surface area contributed by atoms with Crippen LogP contribution in [0, 0.1) is 16.0 Å². The van der Waals surface area contributed by atoms with Crippen molar-refractivity contribution in [3.05, 3.63) is 34.6 Å². The molecule has 0 atom stereocenters. The van der Waals surface area contributed by atoms with E-state index in [9.17, 15) is 20.0 Å². The molecule has 0 unspecified atom stereocenters. The van der Waals surface area contributed by atoms with E-state index in [2.05, 4.69) is 19.8 Å². The maximum Gasteiger partial charge on any atom is 0.407 e. The van der Waals surface area contributed by atoms with Crippen molar-refractivity contribution >= 4 is 17.5 Å². The highest BCUT2D eigenvalue weighted by molar-refractivity contribution is 5.82. The van der Waals surface area contributed by atoms with E-state index in [1.165, 1.54) is 12.0 Å². The lowest BCUT2D eigenvalue weighted by molar-refractivity contribution is -0.385. The molecule has 3 saturated heterocycles. The monoisotopic (exact) mass is 541 g/mol. The van der Waals surface area contributed by atoms with Crippen LogP contribution in [-0.4, -0.2) is 113 Å². The van der Waals surface area contributed by atoms with Gasteiger partial charge in [0.25, 0.3) is 0 Å². The molecule has 0 saturated carbocycles. The van der Waals surface area contributed by atoms with E-state index in [-0.39, 0.29) is 11.4 Å². The molecule has 0 bridgehead atoms. The van der Waals surface area contributed by atoms with E-state index in [1.807, 2.05) is 13.2 Å². The van der Waals surface area contributed by atoms with Crippen molar-refractivity contribution in [1.82, 2.24) is 24.5 Å². The molecule has 5 rings (SSSR count). The molecule has 3 aliphatic rings. The third-order valence-corrected chi connectivity index (χ3v) is 8.64. The van der Waals surface area contributed by atoms with Crippen LogP contribution in [0.1, 0.15) is 25.7 Å². The van der Waals surface area contributed by atoms with Crippen molar-refractivity contribution < 1.29 is 19.6 Å².